The van der Waals surface area contributed by atoms with E-state index in [9.17, 15) is 9.59 Å². The van der Waals surface area contributed by atoms with Crippen molar-refractivity contribution < 1.29 is 23.8 Å². The Morgan fingerprint density at radius 3 is 1.41 bits per heavy atom. The minimum absolute atomic E-state index is 0.0211. The van der Waals surface area contributed by atoms with Gasteiger partial charge >= 0.3 is 11.9 Å². The maximum Gasteiger partial charge on any atom is 0.306 e. The Morgan fingerprint density at radius 2 is 0.922 bits per heavy atom. The van der Waals surface area contributed by atoms with Gasteiger partial charge < -0.3 is 19.1 Å². The summed E-state index contributed by atoms with van der Waals surface area (Å²) in [5, 5.41) is 0. The van der Waals surface area contributed by atoms with E-state index in [0.29, 0.717) is 25.6 Å². The van der Waals surface area contributed by atoms with Crippen LogP contribution in [0.1, 0.15) is 233 Å². The van der Waals surface area contributed by atoms with Gasteiger partial charge in [0.1, 0.15) is 6.10 Å². The van der Waals surface area contributed by atoms with Crippen LogP contribution in [0.2, 0.25) is 0 Å². The molecular formula is C45H87NO5. The van der Waals surface area contributed by atoms with Gasteiger partial charge in [0.2, 0.25) is 0 Å². The van der Waals surface area contributed by atoms with Crippen LogP contribution in [-0.2, 0) is 23.8 Å². The van der Waals surface area contributed by atoms with Crippen molar-refractivity contribution in [1.82, 2.24) is 4.90 Å². The molecule has 0 bridgehead atoms. The second-order valence-electron chi connectivity index (χ2n) is 15.9. The van der Waals surface area contributed by atoms with E-state index >= 15 is 0 Å². The number of carbonyl (C=O) groups excluding carboxylic acids is 2. The number of nitrogens with zero attached hydrogens (tertiary/aromatic N) is 1. The van der Waals surface area contributed by atoms with Gasteiger partial charge in [-0.3, -0.25) is 9.59 Å². The summed E-state index contributed by atoms with van der Waals surface area (Å²) >= 11 is 0. The van der Waals surface area contributed by atoms with Gasteiger partial charge in [0, 0.05) is 19.4 Å². The monoisotopic (exact) mass is 722 g/mol. The van der Waals surface area contributed by atoms with Crippen molar-refractivity contribution in [3.63, 3.8) is 0 Å². The van der Waals surface area contributed by atoms with E-state index in [2.05, 4.69) is 25.7 Å². The minimum atomic E-state index is -0.0211. The fourth-order valence-corrected chi connectivity index (χ4v) is 7.15. The topological polar surface area (TPSA) is 68.4 Å². The van der Waals surface area contributed by atoms with Gasteiger partial charge in [0.05, 0.1) is 19.3 Å². The number of hydrogen-bond acceptors (Lipinski definition) is 6. The van der Waals surface area contributed by atoms with Crippen LogP contribution in [0.5, 0.6) is 0 Å². The van der Waals surface area contributed by atoms with E-state index in [4.69, 9.17) is 14.2 Å². The maximum atomic E-state index is 12.7. The highest BCUT2D eigenvalue weighted by Crippen LogP contribution is 2.19. The molecule has 1 aliphatic rings. The van der Waals surface area contributed by atoms with Crippen molar-refractivity contribution in [3.8, 4) is 0 Å². The van der Waals surface area contributed by atoms with Crippen LogP contribution in [0.3, 0.4) is 0 Å². The molecule has 6 heteroatoms. The van der Waals surface area contributed by atoms with Crippen LogP contribution < -0.4 is 0 Å². The zero-order valence-electron chi connectivity index (χ0n) is 34.5. The lowest BCUT2D eigenvalue weighted by Crippen LogP contribution is -2.30. The molecule has 0 amide bonds. The number of unbranched alkanes of at least 4 members (excludes halogenated alkanes) is 24. The SMILES string of the molecule is CCCCCCCCCCCOC(=O)CCCCCN(CCCCCCCC(=O)OC(CCCCCCCC)CCCCCCCC)CC1CO1. The molecular weight excluding hydrogens is 634 g/mol. The molecule has 0 aromatic heterocycles. The van der Waals surface area contributed by atoms with Gasteiger partial charge in [-0.2, -0.15) is 0 Å². The van der Waals surface area contributed by atoms with Crippen molar-refractivity contribution in [1.29, 1.82) is 0 Å². The first kappa shape index (κ1) is 47.9. The Kier molecular flexibility index (Phi) is 34.9. The summed E-state index contributed by atoms with van der Waals surface area (Å²) < 4.78 is 17.0. The zero-order chi connectivity index (χ0) is 36.9. The second-order valence-corrected chi connectivity index (χ2v) is 15.9. The van der Waals surface area contributed by atoms with Crippen molar-refractivity contribution >= 4 is 11.9 Å². The molecule has 1 atom stereocenters. The standard InChI is InChI=1S/C45H87NO5/c1-4-7-10-13-16-17-18-24-32-39-49-44(47)35-29-25-31-38-46(40-43-41-50-43)37-30-23-19-22-28-36-45(48)51-42(33-26-20-14-11-8-5-2)34-27-21-15-12-9-6-3/h42-43H,4-41H2,1-3H3. The Bertz CT molecular complexity index is 741. The molecule has 6 nitrogen and oxygen atoms in total. The fraction of sp³-hybridized carbons (Fsp3) is 0.956. The molecule has 1 rings (SSSR count). The van der Waals surface area contributed by atoms with Gasteiger partial charge in [0.25, 0.3) is 0 Å². The van der Waals surface area contributed by atoms with Gasteiger partial charge in [-0.15, -0.1) is 0 Å². The van der Waals surface area contributed by atoms with E-state index < -0.39 is 0 Å². The third kappa shape index (κ3) is 34.4. The highest BCUT2D eigenvalue weighted by atomic mass is 16.6. The van der Waals surface area contributed by atoms with Crippen LogP contribution in [0.15, 0.2) is 0 Å². The summed E-state index contributed by atoms with van der Waals surface area (Å²) in [4.78, 5) is 27.4. The van der Waals surface area contributed by atoms with Gasteiger partial charge in [-0.1, -0.05) is 162 Å². The predicted molar refractivity (Wildman–Crippen MR) is 216 cm³/mol. The zero-order valence-corrected chi connectivity index (χ0v) is 34.5. The average Bonchev–Trinajstić information content (AvgIpc) is 3.95. The first-order valence-corrected chi connectivity index (χ1v) is 22.8. The first-order chi connectivity index (χ1) is 25.1. The van der Waals surface area contributed by atoms with Crippen molar-refractivity contribution in [2.75, 3.05) is 32.8 Å². The molecule has 1 fully saturated rings. The second kappa shape index (κ2) is 37.2. The number of hydrogen-bond donors (Lipinski definition) is 0. The van der Waals surface area contributed by atoms with Crippen LogP contribution in [0.4, 0.5) is 0 Å². The van der Waals surface area contributed by atoms with Crippen LogP contribution >= 0.6 is 0 Å². The predicted octanol–water partition coefficient (Wildman–Crippen LogP) is 13.1. The molecule has 0 spiro atoms. The third-order valence-corrected chi connectivity index (χ3v) is 10.6. The summed E-state index contributed by atoms with van der Waals surface area (Å²) in [6.45, 7) is 11.5. The number of carbonyl (C=O) groups is 2. The molecule has 0 radical (unpaired) electrons. The molecule has 1 unspecified atom stereocenters. The normalized spacial score (nSPS) is 14.1. The lowest BCUT2D eigenvalue weighted by atomic mass is 10.0. The molecule has 0 saturated carbocycles. The molecule has 0 N–H and O–H groups in total. The largest absolute Gasteiger partial charge is 0.466 e. The molecule has 51 heavy (non-hydrogen) atoms. The van der Waals surface area contributed by atoms with Gasteiger partial charge in [-0.25, -0.2) is 0 Å². The van der Waals surface area contributed by atoms with E-state index in [1.54, 1.807) is 0 Å². The summed E-state index contributed by atoms with van der Waals surface area (Å²) in [5.74, 6) is 0.00635. The molecule has 0 aliphatic carbocycles. The number of ether oxygens (including phenoxy) is 3. The third-order valence-electron chi connectivity index (χ3n) is 10.6. The highest BCUT2D eigenvalue weighted by Gasteiger charge is 2.25. The van der Waals surface area contributed by atoms with E-state index in [1.165, 1.54) is 148 Å². The Hall–Kier alpha value is -1.14. The number of rotatable bonds is 41. The molecule has 1 heterocycles. The van der Waals surface area contributed by atoms with E-state index in [1.807, 2.05) is 0 Å². The minimum Gasteiger partial charge on any atom is -0.466 e. The lowest BCUT2D eigenvalue weighted by Gasteiger charge is -2.21. The molecule has 302 valence electrons. The van der Waals surface area contributed by atoms with Gasteiger partial charge in [-0.05, 0) is 70.9 Å². The lowest BCUT2D eigenvalue weighted by molar-refractivity contribution is -0.150. The van der Waals surface area contributed by atoms with Crippen LogP contribution in [0, 0.1) is 0 Å². The molecule has 0 aromatic carbocycles. The Morgan fingerprint density at radius 1 is 0.529 bits per heavy atom. The Balaban J connectivity index is 2.11. The van der Waals surface area contributed by atoms with Crippen LogP contribution in [0.25, 0.3) is 0 Å². The summed E-state index contributed by atoms with van der Waals surface area (Å²) in [5.41, 5.74) is 0. The first-order valence-electron chi connectivity index (χ1n) is 22.8. The Labute approximate surface area is 317 Å². The van der Waals surface area contributed by atoms with Crippen molar-refractivity contribution in [2.24, 2.45) is 0 Å². The molecule has 1 saturated heterocycles. The van der Waals surface area contributed by atoms with Crippen LogP contribution in [-0.4, -0.2) is 61.9 Å². The molecule has 0 aromatic rings. The van der Waals surface area contributed by atoms with Crippen molar-refractivity contribution in [3.05, 3.63) is 0 Å². The van der Waals surface area contributed by atoms with E-state index in [0.717, 1.165) is 77.6 Å². The summed E-state index contributed by atoms with van der Waals surface area (Å²) in [7, 11) is 0. The average molecular weight is 722 g/mol. The summed E-state index contributed by atoms with van der Waals surface area (Å²) in [6, 6.07) is 0. The quantitative estimate of drug-likeness (QED) is 0.0356. The highest BCUT2D eigenvalue weighted by molar-refractivity contribution is 5.69. The summed E-state index contributed by atoms with van der Waals surface area (Å²) in [6.07, 6.45) is 39.5. The smallest absolute Gasteiger partial charge is 0.306 e. The fourth-order valence-electron chi connectivity index (χ4n) is 7.15. The van der Waals surface area contributed by atoms with E-state index in [-0.39, 0.29) is 18.0 Å². The van der Waals surface area contributed by atoms with Gasteiger partial charge in [0.15, 0.2) is 0 Å². The molecule has 1 aliphatic heterocycles. The number of esters is 2. The van der Waals surface area contributed by atoms with Crippen molar-refractivity contribution in [2.45, 2.75) is 245 Å². The maximum absolute atomic E-state index is 12.7. The number of epoxide rings is 1.